The van der Waals surface area contributed by atoms with Crippen LogP contribution in [0, 0.1) is 12.3 Å². The smallest absolute Gasteiger partial charge is 0.211 e. The van der Waals surface area contributed by atoms with Crippen molar-refractivity contribution in [3.05, 3.63) is 71.8 Å². The quantitative estimate of drug-likeness (QED) is 0.810. The van der Waals surface area contributed by atoms with Crippen LogP contribution in [-0.2, 0) is 10.0 Å². The van der Waals surface area contributed by atoms with Gasteiger partial charge in [-0.1, -0.05) is 74.0 Å². The summed E-state index contributed by atoms with van der Waals surface area (Å²) in [7, 11) is -3.46. The Kier molecular flexibility index (Phi) is 5.97. The summed E-state index contributed by atoms with van der Waals surface area (Å²) in [6.45, 7) is 6.44. The van der Waals surface area contributed by atoms with E-state index < -0.39 is 10.0 Å². The highest BCUT2D eigenvalue weighted by Crippen LogP contribution is 2.22. The largest absolute Gasteiger partial charge is 0.240 e. The number of hydrogen-bond acceptors (Lipinski definition) is 2. The number of rotatable bonds is 7. The fourth-order valence-corrected chi connectivity index (χ4v) is 3.48. The van der Waals surface area contributed by atoms with Gasteiger partial charge in [0, 0.05) is 6.54 Å². The Bertz CT molecular complexity index is 776. The van der Waals surface area contributed by atoms with Crippen LogP contribution in [0.5, 0.6) is 0 Å². The maximum absolute atomic E-state index is 12.4. The number of benzene rings is 2. The number of nitrogens with one attached hydrogen (secondary N) is 1. The lowest BCUT2D eigenvalue weighted by Crippen LogP contribution is -2.33. The van der Waals surface area contributed by atoms with E-state index in [0.29, 0.717) is 11.4 Å². The first-order valence-electron chi connectivity index (χ1n) is 8.06. The Morgan fingerprint density at radius 3 is 2.25 bits per heavy atom. The van der Waals surface area contributed by atoms with Crippen LogP contribution < -0.4 is 4.72 Å². The van der Waals surface area contributed by atoms with Gasteiger partial charge in [0.25, 0.3) is 0 Å². The van der Waals surface area contributed by atoms with Crippen LogP contribution in [-0.4, -0.2) is 15.0 Å². The van der Waals surface area contributed by atoms with Gasteiger partial charge in [-0.3, -0.25) is 0 Å². The number of hydrogen-bond donors (Lipinski definition) is 1. The molecule has 4 heteroatoms. The van der Waals surface area contributed by atoms with Crippen LogP contribution in [0.4, 0.5) is 0 Å². The molecule has 0 radical (unpaired) electrons. The van der Waals surface area contributed by atoms with Gasteiger partial charge in [0.1, 0.15) is 0 Å². The fourth-order valence-electron chi connectivity index (χ4n) is 2.24. The summed E-state index contributed by atoms with van der Waals surface area (Å²) in [6, 6.07) is 17.0. The predicted molar refractivity (Wildman–Crippen MR) is 100 cm³/mol. The van der Waals surface area contributed by atoms with Crippen molar-refractivity contribution in [3.8, 4) is 0 Å². The van der Waals surface area contributed by atoms with Crippen molar-refractivity contribution in [1.29, 1.82) is 0 Å². The van der Waals surface area contributed by atoms with Crippen LogP contribution in [0.15, 0.2) is 65.6 Å². The van der Waals surface area contributed by atoms with Crippen LogP contribution >= 0.6 is 0 Å². The summed E-state index contributed by atoms with van der Waals surface area (Å²) < 4.78 is 27.4. The molecule has 1 N–H and O–H groups in total. The van der Waals surface area contributed by atoms with Gasteiger partial charge < -0.3 is 0 Å². The van der Waals surface area contributed by atoms with E-state index in [-0.39, 0.29) is 5.41 Å². The van der Waals surface area contributed by atoms with Crippen molar-refractivity contribution in [2.45, 2.75) is 32.1 Å². The Labute approximate surface area is 145 Å². The minimum atomic E-state index is -3.46. The van der Waals surface area contributed by atoms with Crippen molar-refractivity contribution in [2.75, 3.05) is 6.54 Å². The SMILES string of the molecule is Cc1ccc(S(=O)(=O)NCC(C)(C)C/C=C/c2ccccc2)cc1. The molecule has 0 bridgehead atoms. The lowest BCUT2D eigenvalue weighted by atomic mass is 9.89. The molecule has 0 unspecified atom stereocenters. The lowest BCUT2D eigenvalue weighted by molar-refractivity contribution is 0.369. The molecule has 3 nitrogen and oxygen atoms in total. The third kappa shape index (κ3) is 5.62. The molecule has 128 valence electrons. The summed E-state index contributed by atoms with van der Waals surface area (Å²) in [6.07, 6.45) is 4.95. The molecular formula is C20H25NO2S. The van der Waals surface area contributed by atoms with E-state index in [2.05, 4.69) is 30.7 Å². The third-order valence-corrected chi connectivity index (χ3v) is 5.27. The molecule has 0 aliphatic rings. The van der Waals surface area contributed by atoms with Crippen molar-refractivity contribution < 1.29 is 8.42 Å². The number of aryl methyl sites for hydroxylation is 1. The lowest BCUT2D eigenvalue weighted by Gasteiger charge is -2.23. The van der Waals surface area contributed by atoms with E-state index >= 15 is 0 Å². The normalized spacial score (nSPS) is 12.6. The molecule has 0 heterocycles. The van der Waals surface area contributed by atoms with Gasteiger partial charge in [0.05, 0.1) is 4.90 Å². The number of allylic oxidation sites excluding steroid dienone is 1. The van der Waals surface area contributed by atoms with Gasteiger partial charge in [-0.2, -0.15) is 0 Å². The predicted octanol–water partition coefficient (Wildman–Crippen LogP) is 4.40. The van der Waals surface area contributed by atoms with E-state index in [4.69, 9.17) is 0 Å². The van der Waals surface area contributed by atoms with Crippen LogP contribution in [0.2, 0.25) is 0 Å². The van der Waals surface area contributed by atoms with Gasteiger partial charge in [-0.05, 0) is 36.5 Å². The molecule has 0 aliphatic heterocycles. The zero-order valence-electron chi connectivity index (χ0n) is 14.5. The number of sulfonamides is 1. The first-order chi connectivity index (χ1) is 11.3. The summed E-state index contributed by atoms with van der Waals surface area (Å²) in [5.41, 5.74) is 2.03. The topological polar surface area (TPSA) is 46.2 Å². The highest BCUT2D eigenvalue weighted by atomic mass is 32.2. The van der Waals surface area contributed by atoms with Crippen molar-refractivity contribution in [3.63, 3.8) is 0 Å². The second-order valence-electron chi connectivity index (χ2n) is 6.82. The van der Waals surface area contributed by atoms with E-state index in [9.17, 15) is 8.42 Å². The molecule has 0 aromatic heterocycles. The van der Waals surface area contributed by atoms with E-state index in [1.165, 1.54) is 0 Å². The zero-order valence-corrected chi connectivity index (χ0v) is 15.3. The maximum atomic E-state index is 12.4. The Hall–Kier alpha value is -1.91. The van der Waals surface area contributed by atoms with Gasteiger partial charge in [-0.15, -0.1) is 0 Å². The molecule has 0 saturated heterocycles. The second kappa shape index (κ2) is 7.77. The molecule has 0 amide bonds. The molecule has 2 rings (SSSR count). The maximum Gasteiger partial charge on any atom is 0.240 e. The molecule has 24 heavy (non-hydrogen) atoms. The van der Waals surface area contributed by atoms with E-state index in [1.807, 2.05) is 49.4 Å². The molecule has 0 atom stereocenters. The first kappa shape index (κ1) is 18.4. The molecule has 2 aromatic rings. The van der Waals surface area contributed by atoms with Crippen LogP contribution in [0.1, 0.15) is 31.4 Å². The van der Waals surface area contributed by atoms with Crippen LogP contribution in [0.3, 0.4) is 0 Å². The van der Waals surface area contributed by atoms with Gasteiger partial charge in [0.15, 0.2) is 0 Å². The Morgan fingerprint density at radius 2 is 1.62 bits per heavy atom. The second-order valence-corrected chi connectivity index (χ2v) is 8.59. The first-order valence-corrected chi connectivity index (χ1v) is 9.55. The van der Waals surface area contributed by atoms with Crippen molar-refractivity contribution >= 4 is 16.1 Å². The molecule has 0 saturated carbocycles. The van der Waals surface area contributed by atoms with Gasteiger partial charge in [0.2, 0.25) is 10.0 Å². The van der Waals surface area contributed by atoms with E-state index in [0.717, 1.165) is 17.5 Å². The minimum Gasteiger partial charge on any atom is -0.211 e. The highest BCUT2D eigenvalue weighted by Gasteiger charge is 2.21. The van der Waals surface area contributed by atoms with E-state index in [1.54, 1.807) is 12.1 Å². The van der Waals surface area contributed by atoms with Gasteiger partial charge >= 0.3 is 0 Å². The average molecular weight is 343 g/mol. The summed E-state index contributed by atoms with van der Waals surface area (Å²) in [4.78, 5) is 0.309. The highest BCUT2D eigenvalue weighted by molar-refractivity contribution is 7.89. The molecule has 0 aliphatic carbocycles. The monoisotopic (exact) mass is 343 g/mol. The fraction of sp³-hybridized carbons (Fsp3) is 0.300. The summed E-state index contributed by atoms with van der Waals surface area (Å²) in [5.74, 6) is 0. The summed E-state index contributed by atoms with van der Waals surface area (Å²) in [5, 5.41) is 0. The molecular weight excluding hydrogens is 318 g/mol. The van der Waals surface area contributed by atoms with Gasteiger partial charge in [-0.25, -0.2) is 13.1 Å². The Balaban J connectivity index is 1.94. The van der Waals surface area contributed by atoms with Crippen molar-refractivity contribution in [1.82, 2.24) is 4.72 Å². The molecule has 0 spiro atoms. The summed E-state index contributed by atoms with van der Waals surface area (Å²) >= 11 is 0. The standard InChI is InChI=1S/C20H25NO2S/c1-17-11-13-19(14-12-17)24(22,23)21-16-20(2,3)15-7-10-18-8-5-4-6-9-18/h4-14,21H,15-16H2,1-3H3/b10-7+. The minimum absolute atomic E-state index is 0.164. The van der Waals surface area contributed by atoms with Crippen LogP contribution in [0.25, 0.3) is 6.08 Å². The zero-order chi connectivity index (χ0) is 17.6. The molecule has 0 fully saturated rings. The van der Waals surface area contributed by atoms with Crippen molar-refractivity contribution in [2.24, 2.45) is 5.41 Å². The Morgan fingerprint density at radius 1 is 1.00 bits per heavy atom. The molecule has 2 aromatic carbocycles. The third-order valence-electron chi connectivity index (χ3n) is 3.85. The average Bonchev–Trinajstić information content (AvgIpc) is 2.55.